The van der Waals surface area contributed by atoms with Crippen molar-refractivity contribution in [2.45, 2.75) is 0 Å². The molecule has 3 rings (SSSR count). The lowest BCUT2D eigenvalue weighted by Crippen LogP contribution is -2.54. The number of nitrogens with one attached hydrogen (secondary N) is 1. The van der Waals surface area contributed by atoms with Gasteiger partial charge in [-0.3, -0.25) is 14.9 Å². The zero-order valence-electron chi connectivity index (χ0n) is 14.2. The topological polar surface area (TPSA) is 84.9 Å². The van der Waals surface area contributed by atoms with E-state index in [0.29, 0.717) is 17.1 Å². The van der Waals surface area contributed by atoms with E-state index in [0.717, 1.165) is 4.90 Å². The minimum atomic E-state index is -0.832. The van der Waals surface area contributed by atoms with Crippen molar-refractivity contribution in [3.05, 3.63) is 59.7 Å². The van der Waals surface area contributed by atoms with Crippen molar-refractivity contribution in [3.63, 3.8) is 0 Å². The molecule has 2 aromatic rings. The Morgan fingerprint density at radius 3 is 2.19 bits per heavy atom. The molecule has 0 atom stereocenters. The lowest BCUT2D eigenvalue weighted by Gasteiger charge is -2.27. The van der Waals surface area contributed by atoms with Gasteiger partial charge in [0.2, 0.25) is 0 Å². The SMILES string of the molecule is COc1ccccc1/C=C1\C(=O)NC(=O)N(c2ccccc2OC)C1=O. The van der Waals surface area contributed by atoms with Crippen molar-refractivity contribution >= 4 is 29.6 Å². The van der Waals surface area contributed by atoms with Gasteiger partial charge in [0, 0.05) is 5.56 Å². The molecule has 0 aliphatic carbocycles. The lowest BCUT2D eigenvalue weighted by atomic mass is 10.1. The first kappa shape index (κ1) is 17.2. The molecule has 0 aromatic heterocycles. The summed E-state index contributed by atoms with van der Waals surface area (Å²) < 4.78 is 10.5. The quantitative estimate of drug-likeness (QED) is 0.674. The average molecular weight is 352 g/mol. The minimum absolute atomic E-state index is 0.181. The Morgan fingerprint density at radius 2 is 1.50 bits per heavy atom. The summed E-state index contributed by atoms with van der Waals surface area (Å²) in [6, 6.07) is 12.7. The van der Waals surface area contributed by atoms with E-state index in [2.05, 4.69) is 5.32 Å². The van der Waals surface area contributed by atoms with Crippen LogP contribution in [0.25, 0.3) is 6.08 Å². The molecule has 1 aliphatic rings. The highest BCUT2D eigenvalue weighted by atomic mass is 16.5. The van der Waals surface area contributed by atoms with E-state index in [1.165, 1.54) is 20.3 Å². The summed E-state index contributed by atoms with van der Waals surface area (Å²) in [7, 11) is 2.92. The van der Waals surface area contributed by atoms with E-state index in [1.54, 1.807) is 48.5 Å². The molecule has 2 aromatic carbocycles. The Bertz CT molecular complexity index is 920. The Morgan fingerprint density at radius 1 is 0.885 bits per heavy atom. The van der Waals surface area contributed by atoms with Crippen LogP contribution in [0.3, 0.4) is 0 Å². The predicted octanol–water partition coefficient (Wildman–Crippen LogP) is 2.37. The van der Waals surface area contributed by atoms with Crippen LogP contribution in [0.2, 0.25) is 0 Å². The largest absolute Gasteiger partial charge is 0.496 e. The summed E-state index contributed by atoms with van der Waals surface area (Å²) in [4.78, 5) is 38.3. The molecule has 26 heavy (non-hydrogen) atoms. The third-order valence-corrected chi connectivity index (χ3v) is 3.87. The van der Waals surface area contributed by atoms with Crippen LogP contribution in [0.5, 0.6) is 11.5 Å². The van der Waals surface area contributed by atoms with E-state index >= 15 is 0 Å². The number of hydrogen-bond acceptors (Lipinski definition) is 5. The lowest BCUT2D eigenvalue weighted by molar-refractivity contribution is -0.122. The third kappa shape index (κ3) is 3.02. The van der Waals surface area contributed by atoms with E-state index < -0.39 is 17.8 Å². The summed E-state index contributed by atoms with van der Waals surface area (Å²) in [6.45, 7) is 0. The Labute approximate surface area is 149 Å². The van der Waals surface area contributed by atoms with Gasteiger partial charge in [0.1, 0.15) is 17.1 Å². The number of amides is 4. The monoisotopic (exact) mass is 352 g/mol. The number of urea groups is 1. The number of hydrogen-bond donors (Lipinski definition) is 1. The van der Waals surface area contributed by atoms with Gasteiger partial charge in [-0.1, -0.05) is 30.3 Å². The molecule has 0 spiro atoms. The predicted molar refractivity (Wildman–Crippen MR) is 95.0 cm³/mol. The van der Waals surface area contributed by atoms with Gasteiger partial charge in [-0.05, 0) is 24.3 Å². The number of carbonyl (C=O) groups excluding carboxylic acids is 3. The van der Waals surface area contributed by atoms with Crippen molar-refractivity contribution in [3.8, 4) is 11.5 Å². The highest BCUT2D eigenvalue weighted by Crippen LogP contribution is 2.31. The van der Waals surface area contributed by atoms with E-state index in [4.69, 9.17) is 9.47 Å². The fourth-order valence-corrected chi connectivity index (χ4v) is 2.63. The van der Waals surface area contributed by atoms with Crippen molar-refractivity contribution < 1.29 is 23.9 Å². The van der Waals surface area contributed by atoms with Crippen LogP contribution in [-0.4, -0.2) is 32.1 Å². The summed E-state index contributed by atoms with van der Waals surface area (Å²) in [5.74, 6) is -0.672. The van der Waals surface area contributed by atoms with Gasteiger partial charge >= 0.3 is 6.03 Å². The van der Waals surface area contributed by atoms with Crippen LogP contribution >= 0.6 is 0 Å². The van der Waals surface area contributed by atoms with Crippen LogP contribution < -0.4 is 19.7 Å². The summed E-state index contributed by atoms with van der Waals surface area (Å²) >= 11 is 0. The molecule has 1 aliphatic heterocycles. The second-order valence-electron chi connectivity index (χ2n) is 5.37. The van der Waals surface area contributed by atoms with Crippen molar-refractivity contribution in [1.82, 2.24) is 5.32 Å². The summed E-state index contributed by atoms with van der Waals surface area (Å²) in [5.41, 5.74) is 0.610. The zero-order valence-corrected chi connectivity index (χ0v) is 14.2. The van der Waals surface area contributed by atoms with Crippen molar-refractivity contribution in [2.24, 2.45) is 0 Å². The van der Waals surface area contributed by atoms with Crippen molar-refractivity contribution in [1.29, 1.82) is 0 Å². The molecule has 0 radical (unpaired) electrons. The van der Waals surface area contributed by atoms with Crippen molar-refractivity contribution in [2.75, 3.05) is 19.1 Å². The maximum atomic E-state index is 12.9. The molecule has 1 heterocycles. The van der Waals surface area contributed by atoms with Gasteiger partial charge in [-0.15, -0.1) is 0 Å². The molecule has 7 nitrogen and oxygen atoms in total. The summed E-state index contributed by atoms with van der Waals surface area (Å²) in [6.07, 6.45) is 1.39. The van der Waals surface area contributed by atoms with Crippen LogP contribution in [0.15, 0.2) is 54.1 Å². The fourth-order valence-electron chi connectivity index (χ4n) is 2.63. The number of imide groups is 2. The van der Waals surface area contributed by atoms with Gasteiger partial charge in [0.05, 0.1) is 19.9 Å². The number of anilines is 1. The molecule has 0 saturated carbocycles. The van der Waals surface area contributed by atoms with E-state index in [1.807, 2.05) is 0 Å². The maximum absolute atomic E-state index is 12.9. The number of ether oxygens (including phenoxy) is 2. The van der Waals surface area contributed by atoms with Gasteiger partial charge in [0.25, 0.3) is 11.8 Å². The molecule has 0 bridgehead atoms. The zero-order chi connectivity index (χ0) is 18.7. The number of barbiturate groups is 1. The van der Waals surface area contributed by atoms with Crippen LogP contribution in [0, 0.1) is 0 Å². The van der Waals surface area contributed by atoms with Gasteiger partial charge < -0.3 is 9.47 Å². The first-order chi connectivity index (χ1) is 12.6. The standard InChI is InChI=1S/C19H16N2O5/c1-25-15-9-5-3-7-12(15)11-13-17(22)20-19(24)21(18(13)23)14-8-4-6-10-16(14)26-2/h3-11H,1-2H3,(H,20,22,24)/b13-11+. The number of nitrogens with zero attached hydrogens (tertiary/aromatic N) is 1. The number of methoxy groups -OCH3 is 2. The average Bonchev–Trinajstić information content (AvgIpc) is 2.65. The molecule has 1 saturated heterocycles. The number of para-hydroxylation sites is 3. The van der Waals surface area contributed by atoms with Crippen LogP contribution in [0.1, 0.15) is 5.56 Å². The Kier molecular flexibility index (Phi) is 4.70. The second kappa shape index (κ2) is 7.10. The Hall–Kier alpha value is -3.61. The number of rotatable bonds is 4. The third-order valence-electron chi connectivity index (χ3n) is 3.87. The van der Waals surface area contributed by atoms with E-state index in [9.17, 15) is 14.4 Å². The molecular weight excluding hydrogens is 336 g/mol. The first-order valence-corrected chi connectivity index (χ1v) is 7.74. The molecule has 4 amide bonds. The maximum Gasteiger partial charge on any atom is 0.336 e. The molecule has 0 unspecified atom stereocenters. The highest BCUT2D eigenvalue weighted by molar-refractivity contribution is 6.39. The molecule has 132 valence electrons. The normalized spacial score (nSPS) is 15.8. The molecule has 1 fully saturated rings. The first-order valence-electron chi connectivity index (χ1n) is 7.74. The Balaban J connectivity index is 2.08. The smallest absolute Gasteiger partial charge is 0.336 e. The van der Waals surface area contributed by atoms with E-state index in [-0.39, 0.29) is 11.3 Å². The van der Waals surface area contributed by atoms with Gasteiger partial charge in [-0.2, -0.15) is 0 Å². The van der Waals surface area contributed by atoms with Crippen LogP contribution in [-0.2, 0) is 9.59 Å². The summed E-state index contributed by atoms with van der Waals surface area (Å²) in [5, 5.41) is 2.18. The molecule has 7 heteroatoms. The van der Waals surface area contributed by atoms with Gasteiger partial charge in [0.15, 0.2) is 0 Å². The highest BCUT2D eigenvalue weighted by Gasteiger charge is 2.38. The number of benzene rings is 2. The fraction of sp³-hybridized carbons (Fsp3) is 0.105. The van der Waals surface area contributed by atoms with Gasteiger partial charge in [-0.25, -0.2) is 9.69 Å². The molecular formula is C19H16N2O5. The minimum Gasteiger partial charge on any atom is -0.496 e. The molecule has 1 N–H and O–H groups in total. The number of carbonyl (C=O) groups is 3. The second-order valence-corrected chi connectivity index (χ2v) is 5.37. The van der Waals surface area contributed by atoms with Crippen LogP contribution in [0.4, 0.5) is 10.5 Å².